The Labute approximate surface area is 206 Å². The van der Waals surface area contributed by atoms with E-state index < -0.39 is 0 Å². The standard InChI is InChI=1S/C28H24N2O4S/c1-28(2)13-17-22(18(31)14-28)21(15-6-4-3-5-7-15)23-24(29)26(35-27(23)30-17)25(32)16-8-9-19-20(12-16)34-11-10-33-19/h3-9,12H,10-11,13-14,29H2,1-2H3. The first-order chi connectivity index (χ1) is 16.8. The predicted octanol–water partition coefficient (Wildman–Crippen LogP) is 5.70. The lowest BCUT2D eigenvalue weighted by Gasteiger charge is -2.30. The molecule has 0 spiro atoms. The number of anilines is 1. The van der Waals surface area contributed by atoms with Gasteiger partial charge in [0.15, 0.2) is 17.3 Å². The van der Waals surface area contributed by atoms with E-state index in [1.165, 1.54) is 11.3 Å². The Morgan fingerprint density at radius 3 is 2.51 bits per heavy atom. The first-order valence-electron chi connectivity index (χ1n) is 11.6. The number of carbonyl (C=O) groups is 2. The van der Waals surface area contributed by atoms with Gasteiger partial charge in [0.2, 0.25) is 5.78 Å². The zero-order chi connectivity index (χ0) is 24.3. The molecule has 0 saturated carbocycles. The number of thiophene rings is 1. The number of rotatable bonds is 3. The van der Waals surface area contributed by atoms with Crippen LogP contribution in [0.5, 0.6) is 11.5 Å². The maximum absolute atomic E-state index is 13.6. The number of nitrogen functional groups attached to an aromatic ring is 1. The molecule has 0 unspecified atom stereocenters. The minimum absolute atomic E-state index is 0.0646. The van der Waals surface area contributed by atoms with Crippen LogP contribution in [0.1, 0.15) is 51.6 Å². The monoisotopic (exact) mass is 484 g/mol. The summed E-state index contributed by atoms with van der Waals surface area (Å²) in [5, 5.41) is 0.675. The van der Waals surface area contributed by atoms with Gasteiger partial charge in [-0.25, -0.2) is 4.98 Å². The van der Waals surface area contributed by atoms with E-state index in [-0.39, 0.29) is 17.0 Å². The van der Waals surface area contributed by atoms with Gasteiger partial charge < -0.3 is 15.2 Å². The summed E-state index contributed by atoms with van der Waals surface area (Å²) in [6.45, 7) is 5.09. The zero-order valence-electron chi connectivity index (χ0n) is 19.5. The van der Waals surface area contributed by atoms with Crippen molar-refractivity contribution in [2.24, 2.45) is 5.41 Å². The molecule has 35 heavy (non-hydrogen) atoms. The molecule has 6 nitrogen and oxygen atoms in total. The smallest absolute Gasteiger partial charge is 0.205 e. The van der Waals surface area contributed by atoms with Crippen LogP contribution in [-0.2, 0) is 6.42 Å². The number of Topliss-reactive ketones (excluding diaryl/α,β-unsaturated/α-hetero) is 1. The Balaban J connectivity index is 1.57. The fourth-order valence-electron chi connectivity index (χ4n) is 5.04. The molecule has 0 bridgehead atoms. The summed E-state index contributed by atoms with van der Waals surface area (Å²) in [6, 6.07) is 14.9. The lowest BCUT2D eigenvalue weighted by molar-refractivity contribution is 0.0911. The second-order valence-electron chi connectivity index (χ2n) is 9.83. The second-order valence-corrected chi connectivity index (χ2v) is 10.8. The topological polar surface area (TPSA) is 91.5 Å². The number of nitrogens with zero attached hydrogens (tertiary/aromatic N) is 1. The molecule has 2 aliphatic rings. The van der Waals surface area contributed by atoms with E-state index in [1.807, 2.05) is 30.3 Å². The van der Waals surface area contributed by atoms with Gasteiger partial charge in [-0.1, -0.05) is 44.2 Å². The van der Waals surface area contributed by atoms with Crippen LogP contribution < -0.4 is 15.2 Å². The third-order valence-electron chi connectivity index (χ3n) is 6.59. The van der Waals surface area contributed by atoms with Crippen LogP contribution in [0.2, 0.25) is 0 Å². The van der Waals surface area contributed by atoms with Crippen LogP contribution in [0.15, 0.2) is 48.5 Å². The lowest BCUT2D eigenvalue weighted by Crippen LogP contribution is -2.28. The normalized spacial score (nSPS) is 16.2. The Morgan fingerprint density at radius 2 is 1.74 bits per heavy atom. The van der Waals surface area contributed by atoms with Gasteiger partial charge in [-0.05, 0) is 35.6 Å². The van der Waals surface area contributed by atoms with Crippen molar-refractivity contribution in [1.29, 1.82) is 0 Å². The van der Waals surface area contributed by atoms with Gasteiger partial charge in [0, 0.05) is 28.5 Å². The summed E-state index contributed by atoms with van der Waals surface area (Å²) in [5.41, 5.74) is 10.4. The molecule has 2 aromatic carbocycles. The van der Waals surface area contributed by atoms with Crippen molar-refractivity contribution in [3.63, 3.8) is 0 Å². The highest BCUT2D eigenvalue weighted by atomic mass is 32.1. The molecule has 2 N–H and O–H groups in total. The van der Waals surface area contributed by atoms with Crippen LogP contribution in [-0.4, -0.2) is 29.8 Å². The zero-order valence-corrected chi connectivity index (χ0v) is 20.3. The maximum atomic E-state index is 13.6. The van der Waals surface area contributed by atoms with Gasteiger partial charge in [0.25, 0.3) is 0 Å². The summed E-state index contributed by atoms with van der Waals surface area (Å²) >= 11 is 1.28. The van der Waals surface area contributed by atoms with E-state index in [0.717, 1.165) is 16.8 Å². The predicted molar refractivity (Wildman–Crippen MR) is 137 cm³/mol. The minimum Gasteiger partial charge on any atom is -0.486 e. The third-order valence-corrected chi connectivity index (χ3v) is 7.69. The number of hydrogen-bond acceptors (Lipinski definition) is 7. The number of pyridine rings is 1. The summed E-state index contributed by atoms with van der Waals surface area (Å²) in [4.78, 5) is 33.0. The molecule has 1 aliphatic heterocycles. The molecule has 7 heteroatoms. The number of nitrogens with two attached hydrogens (primary N) is 1. The summed E-state index contributed by atoms with van der Waals surface area (Å²) < 4.78 is 11.2. The average molecular weight is 485 g/mol. The Bertz CT molecular complexity index is 1520. The minimum atomic E-state index is -0.203. The Morgan fingerprint density at radius 1 is 1.00 bits per heavy atom. The van der Waals surface area contributed by atoms with E-state index in [2.05, 4.69) is 13.8 Å². The second kappa shape index (κ2) is 7.92. The van der Waals surface area contributed by atoms with Crippen LogP contribution in [0.3, 0.4) is 0 Å². The van der Waals surface area contributed by atoms with Crippen molar-refractivity contribution in [3.05, 3.63) is 70.2 Å². The van der Waals surface area contributed by atoms with Crippen molar-refractivity contribution in [2.45, 2.75) is 26.7 Å². The molecule has 0 saturated heterocycles. The fraction of sp³-hybridized carbons (Fsp3) is 0.250. The number of ketones is 2. The number of benzene rings is 2. The van der Waals surface area contributed by atoms with E-state index in [1.54, 1.807) is 18.2 Å². The van der Waals surface area contributed by atoms with Crippen LogP contribution >= 0.6 is 11.3 Å². The van der Waals surface area contributed by atoms with Crippen LogP contribution in [0.25, 0.3) is 21.3 Å². The number of fused-ring (bicyclic) bond motifs is 3. The SMILES string of the molecule is CC1(C)CC(=O)c2c(nc3sc(C(=O)c4ccc5c(c4)OCCO5)c(N)c3c2-c2ccccc2)C1. The maximum Gasteiger partial charge on any atom is 0.205 e. The van der Waals surface area contributed by atoms with E-state index in [9.17, 15) is 9.59 Å². The molecule has 176 valence electrons. The molecule has 1 aliphatic carbocycles. The molecule has 2 aromatic heterocycles. The molecule has 3 heterocycles. The number of aromatic nitrogens is 1. The first-order valence-corrected chi connectivity index (χ1v) is 12.4. The van der Waals surface area contributed by atoms with Gasteiger partial charge in [-0.3, -0.25) is 9.59 Å². The quantitative estimate of drug-likeness (QED) is 0.375. The molecule has 0 atom stereocenters. The largest absolute Gasteiger partial charge is 0.486 e. The molecule has 6 rings (SSSR count). The first kappa shape index (κ1) is 21.8. The molecular formula is C28H24N2O4S. The van der Waals surface area contributed by atoms with Gasteiger partial charge >= 0.3 is 0 Å². The molecular weight excluding hydrogens is 460 g/mol. The van der Waals surface area contributed by atoms with Crippen molar-refractivity contribution >= 4 is 38.8 Å². The highest BCUT2D eigenvalue weighted by molar-refractivity contribution is 7.21. The van der Waals surface area contributed by atoms with Crippen LogP contribution in [0, 0.1) is 5.41 Å². The highest BCUT2D eigenvalue weighted by Gasteiger charge is 2.36. The van der Waals surface area contributed by atoms with Crippen molar-refractivity contribution in [2.75, 3.05) is 18.9 Å². The Kier molecular flexibility index (Phi) is 4.93. The summed E-state index contributed by atoms with van der Waals surface area (Å²) in [6.07, 6.45) is 1.13. The van der Waals surface area contributed by atoms with Gasteiger partial charge in [0.05, 0.1) is 11.4 Å². The molecule has 0 fully saturated rings. The van der Waals surface area contributed by atoms with E-state index in [4.69, 9.17) is 20.2 Å². The van der Waals surface area contributed by atoms with Gasteiger partial charge in [0.1, 0.15) is 22.9 Å². The number of ether oxygens (including phenoxy) is 2. The van der Waals surface area contributed by atoms with Crippen LogP contribution in [0.4, 0.5) is 5.69 Å². The van der Waals surface area contributed by atoms with E-state index in [0.29, 0.717) is 69.5 Å². The third kappa shape index (κ3) is 3.58. The van der Waals surface area contributed by atoms with Crippen molar-refractivity contribution < 1.29 is 19.1 Å². The summed E-state index contributed by atoms with van der Waals surface area (Å²) in [5.74, 6) is 1.04. The molecule has 0 amide bonds. The van der Waals surface area contributed by atoms with E-state index >= 15 is 0 Å². The highest BCUT2D eigenvalue weighted by Crippen LogP contribution is 2.46. The molecule has 4 aromatic rings. The summed E-state index contributed by atoms with van der Waals surface area (Å²) in [7, 11) is 0. The van der Waals surface area contributed by atoms with Crippen molar-refractivity contribution in [3.8, 4) is 22.6 Å². The Hall–Kier alpha value is -3.71. The van der Waals surface area contributed by atoms with Crippen molar-refractivity contribution in [1.82, 2.24) is 4.98 Å². The number of hydrogen-bond donors (Lipinski definition) is 1. The molecule has 0 radical (unpaired) electrons. The average Bonchev–Trinajstić information content (AvgIpc) is 3.17. The number of carbonyl (C=O) groups excluding carboxylic acids is 2. The van der Waals surface area contributed by atoms with Gasteiger partial charge in [-0.2, -0.15) is 0 Å². The lowest BCUT2D eigenvalue weighted by atomic mass is 9.73. The fourth-order valence-corrected chi connectivity index (χ4v) is 6.13. The van der Waals surface area contributed by atoms with Gasteiger partial charge in [-0.15, -0.1) is 11.3 Å².